The van der Waals surface area contributed by atoms with Gasteiger partial charge in [-0.25, -0.2) is 0 Å². The number of benzene rings is 9. The second kappa shape index (κ2) is 11.3. The fraction of sp³-hybridized carbons (Fsp3) is 0.0182. The predicted octanol–water partition coefficient (Wildman–Crippen LogP) is 13.9. The summed E-state index contributed by atoms with van der Waals surface area (Å²) in [4.78, 5) is 0. The van der Waals surface area contributed by atoms with Gasteiger partial charge in [-0.3, -0.25) is 0 Å². The summed E-state index contributed by atoms with van der Waals surface area (Å²) >= 11 is 0. The van der Waals surface area contributed by atoms with Crippen LogP contribution in [0.3, 0.4) is 0 Å². The van der Waals surface area contributed by atoms with E-state index in [4.69, 9.17) is 0 Å². The summed E-state index contributed by atoms with van der Waals surface area (Å²) in [6, 6.07) is 76.7. The molecule has 2 heteroatoms. The average molecular weight is 723 g/mol. The van der Waals surface area contributed by atoms with Crippen molar-refractivity contribution in [3.8, 4) is 44.8 Å². The summed E-state index contributed by atoms with van der Waals surface area (Å²) in [5.74, 6) is 0. The van der Waals surface area contributed by atoms with Crippen molar-refractivity contribution in [2.45, 2.75) is 5.41 Å². The molecule has 0 amide bonds. The normalized spacial score (nSPS) is 13.4. The highest BCUT2D eigenvalue weighted by molar-refractivity contribution is 6.14. The van der Waals surface area contributed by atoms with E-state index in [9.17, 15) is 0 Å². The monoisotopic (exact) mass is 722 g/mol. The summed E-state index contributed by atoms with van der Waals surface area (Å²) in [6.45, 7) is 0. The van der Waals surface area contributed by atoms with E-state index in [0.29, 0.717) is 0 Å². The standard InChI is InChI=1S/C55H34N2/c1-3-15-37(16-4-1)56-51-26-14-10-22-42(51)43-29-27-36(32-53(43)56)35-28-30-52-45(31-35)46-33-44-41-21-9-13-25-49(41)55(50(44)34-54(46)57(52)38-17-5-2-6-18-38)47-23-11-7-19-39(47)40-20-8-12-24-48(40)55/h1-34H. The van der Waals surface area contributed by atoms with Gasteiger partial charge in [0.25, 0.3) is 0 Å². The maximum Gasteiger partial charge on any atom is 0.0726 e. The van der Waals surface area contributed by atoms with E-state index < -0.39 is 5.41 Å². The fourth-order valence-electron chi connectivity index (χ4n) is 10.6. The van der Waals surface area contributed by atoms with Crippen LogP contribution < -0.4 is 0 Å². The van der Waals surface area contributed by atoms with Gasteiger partial charge >= 0.3 is 0 Å². The molecule has 2 aliphatic rings. The molecule has 0 fully saturated rings. The molecule has 2 heterocycles. The molecule has 13 rings (SSSR count). The molecule has 0 unspecified atom stereocenters. The Morgan fingerprint density at radius 1 is 0.263 bits per heavy atom. The lowest BCUT2D eigenvalue weighted by Crippen LogP contribution is -2.25. The zero-order valence-electron chi connectivity index (χ0n) is 31.0. The van der Waals surface area contributed by atoms with Gasteiger partial charge in [-0.1, -0.05) is 146 Å². The van der Waals surface area contributed by atoms with Crippen molar-refractivity contribution < 1.29 is 0 Å². The molecular formula is C55H34N2. The van der Waals surface area contributed by atoms with Crippen molar-refractivity contribution in [1.29, 1.82) is 0 Å². The molecule has 11 aromatic rings. The smallest absolute Gasteiger partial charge is 0.0726 e. The second-order valence-corrected chi connectivity index (χ2v) is 15.6. The van der Waals surface area contributed by atoms with E-state index in [1.165, 1.54) is 105 Å². The predicted molar refractivity (Wildman–Crippen MR) is 237 cm³/mol. The molecule has 0 bridgehead atoms. The van der Waals surface area contributed by atoms with Crippen LogP contribution >= 0.6 is 0 Å². The first kappa shape index (κ1) is 30.9. The topological polar surface area (TPSA) is 9.86 Å². The number of rotatable bonds is 3. The van der Waals surface area contributed by atoms with Crippen LogP contribution in [0, 0.1) is 0 Å². The molecular weight excluding hydrogens is 689 g/mol. The Kier molecular flexibility index (Phi) is 6.13. The van der Waals surface area contributed by atoms with Crippen molar-refractivity contribution in [1.82, 2.24) is 9.13 Å². The van der Waals surface area contributed by atoms with Crippen molar-refractivity contribution in [2.24, 2.45) is 0 Å². The van der Waals surface area contributed by atoms with Crippen LogP contribution in [0.5, 0.6) is 0 Å². The first-order valence-corrected chi connectivity index (χ1v) is 19.9. The molecule has 0 atom stereocenters. The molecule has 2 aromatic heterocycles. The minimum atomic E-state index is -0.400. The third-order valence-corrected chi connectivity index (χ3v) is 12.9. The highest BCUT2D eigenvalue weighted by Gasteiger charge is 2.51. The zero-order valence-corrected chi connectivity index (χ0v) is 31.0. The lowest BCUT2D eigenvalue weighted by atomic mass is 9.70. The molecule has 57 heavy (non-hydrogen) atoms. The largest absolute Gasteiger partial charge is 0.309 e. The van der Waals surface area contributed by atoms with Gasteiger partial charge in [0.15, 0.2) is 0 Å². The maximum atomic E-state index is 2.53. The minimum Gasteiger partial charge on any atom is -0.309 e. The molecule has 9 aromatic carbocycles. The van der Waals surface area contributed by atoms with E-state index in [1.54, 1.807) is 0 Å². The highest BCUT2D eigenvalue weighted by atomic mass is 15.0. The van der Waals surface area contributed by atoms with E-state index in [1.807, 2.05) is 0 Å². The highest BCUT2D eigenvalue weighted by Crippen LogP contribution is 2.63. The average Bonchev–Trinajstić information content (AvgIpc) is 3.97. The summed E-state index contributed by atoms with van der Waals surface area (Å²) in [6.07, 6.45) is 0. The molecule has 2 nitrogen and oxygen atoms in total. The Bertz CT molecular complexity index is 3410. The summed E-state index contributed by atoms with van der Waals surface area (Å²) in [5, 5.41) is 5.05. The summed E-state index contributed by atoms with van der Waals surface area (Å²) in [7, 11) is 0. The van der Waals surface area contributed by atoms with Gasteiger partial charge in [-0.05, 0) is 116 Å². The van der Waals surface area contributed by atoms with Gasteiger partial charge in [0.2, 0.25) is 0 Å². The Hall–Kier alpha value is -7.42. The van der Waals surface area contributed by atoms with E-state index in [2.05, 4.69) is 215 Å². The lowest BCUT2D eigenvalue weighted by molar-refractivity contribution is 0.794. The fourth-order valence-corrected chi connectivity index (χ4v) is 10.6. The Balaban J connectivity index is 1.10. The Morgan fingerprint density at radius 3 is 1.37 bits per heavy atom. The minimum absolute atomic E-state index is 0.400. The Labute approximate surface area is 330 Å². The van der Waals surface area contributed by atoms with Gasteiger partial charge < -0.3 is 9.13 Å². The third kappa shape index (κ3) is 3.99. The first-order chi connectivity index (χ1) is 28.3. The molecule has 0 saturated carbocycles. The van der Waals surface area contributed by atoms with Gasteiger partial charge in [0.1, 0.15) is 0 Å². The molecule has 264 valence electrons. The van der Waals surface area contributed by atoms with Gasteiger partial charge in [-0.15, -0.1) is 0 Å². The molecule has 0 N–H and O–H groups in total. The number of para-hydroxylation sites is 3. The van der Waals surface area contributed by atoms with E-state index in [-0.39, 0.29) is 0 Å². The van der Waals surface area contributed by atoms with Crippen LogP contribution in [0.2, 0.25) is 0 Å². The number of hydrogen-bond acceptors (Lipinski definition) is 0. The molecule has 0 saturated heterocycles. The molecule has 0 radical (unpaired) electrons. The zero-order chi connectivity index (χ0) is 37.2. The van der Waals surface area contributed by atoms with Crippen LogP contribution in [0.15, 0.2) is 206 Å². The van der Waals surface area contributed by atoms with Crippen LogP contribution in [-0.2, 0) is 5.41 Å². The number of hydrogen-bond donors (Lipinski definition) is 0. The van der Waals surface area contributed by atoms with E-state index in [0.717, 1.165) is 5.69 Å². The second-order valence-electron chi connectivity index (χ2n) is 15.6. The summed E-state index contributed by atoms with van der Waals surface area (Å²) in [5.41, 5.74) is 19.9. The molecule has 2 aliphatic carbocycles. The van der Waals surface area contributed by atoms with Crippen molar-refractivity contribution in [3.63, 3.8) is 0 Å². The van der Waals surface area contributed by atoms with Gasteiger partial charge in [0, 0.05) is 32.9 Å². The van der Waals surface area contributed by atoms with Crippen LogP contribution in [0.4, 0.5) is 0 Å². The maximum absolute atomic E-state index is 2.53. The molecule has 0 aliphatic heterocycles. The van der Waals surface area contributed by atoms with Crippen LogP contribution in [-0.4, -0.2) is 9.13 Å². The van der Waals surface area contributed by atoms with Crippen molar-refractivity contribution >= 4 is 43.6 Å². The van der Waals surface area contributed by atoms with Crippen molar-refractivity contribution in [3.05, 3.63) is 229 Å². The summed E-state index contributed by atoms with van der Waals surface area (Å²) < 4.78 is 4.89. The number of aromatic nitrogens is 2. The van der Waals surface area contributed by atoms with E-state index >= 15 is 0 Å². The number of fused-ring (bicyclic) bond motifs is 16. The van der Waals surface area contributed by atoms with Gasteiger partial charge in [0.05, 0.1) is 27.5 Å². The van der Waals surface area contributed by atoms with Crippen LogP contribution in [0.25, 0.3) is 88.4 Å². The lowest BCUT2D eigenvalue weighted by Gasteiger charge is -2.30. The first-order valence-electron chi connectivity index (χ1n) is 19.9. The SMILES string of the molecule is c1ccc(-n2c3ccccc3c3ccc(-c4ccc5c(c4)c4cc6c(cc4n5-c4ccccc4)C4(c5ccccc5-c5ccccc54)c4ccccc4-6)cc32)cc1. The Morgan fingerprint density at radius 2 is 0.719 bits per heavy atom. The van der Waals surface area contributed by atoms with Crippen LogP contribution in [0.1, 0.15) is 22.3 Å². The quantitative estimate of drug-likeness (QED) is 0.172. The molecule has 1 spiro atoms. The van der Waals surface area contributed by atoms with Gasteiger partial charge in [-0.2, -0.15) is 0 Å². The third-order valence-electron chi connectivity index (χ3n) is 12.9. The number of nitrogens with zero attached hydrogens (tertiary/aromatic N) is 2. The van der Waals surface area contributed by atoms with Crippen molar-refractivity contribution in [2.75, 3.05) is 0 Å².